The predicted octanol–water partition coefficient (Wildman–Crippen LogP) is 4.99. The Balaban J connectivity index is 1.70. The van der Waals surface area contributed by atoms with Gasteiger partial charge in [0.25, 0.3) is 11.8 Å². The first-order chi connectivity index (χ1) is 14.6. The van der Waals surface area contributed by atoms with E-state index >= 15 is 0 Å². The van der Waals surface area contributed by atoms with E-state index in [0.717, 1.165) is 10.4 Å². The zero-order valence-corrected chi connectivity index (χ0v) is 17.4. The number of hydrogen-bond acceptors (Lipinski definition) is 4. The number of carbonyl (C=O) groups excluding carboxylic acids is 2. The van der Waals surface area contributed by atoms with Crippen molar-refractivity contribution in [3.8, 4) is 0 Å². The van der Waals surface area contributed by atoms with E-state index in [4.69, 9.17) is 11.6 Å². The average molecular weight is 436 g/mol. The SMILES string of the molecule is O=C(NN=C/C=C/c1ccccc1)/C(=C\c1cccs1)NC(=O)c1ccccc1Cl. The molecule has 0 aliphatic heterocycles. The fourth-order valence-electron chi connectivity index (χ4n) is 2.43. The zero-order valence-electron chi connectivity index (χ0n) is 15.8. The van der Waals surface area contributed by atoms with E-state index in [-0.39, 0.29) is 11.3 Å². The van der Waals surface area contributed by atoms with E-state index in [2.05, 4.69) is 15.8 Å². The highest BCUT2D eigenvalue weighted by molar-refractivity contribution is 7.10. The summed E-state index contributed by atoms with van der Waals surface area (Å²) in [6.07, 6.45) is 6.62. The first-order valence-electron chi connectivity index (χ1n) is 8.99. The summed E-state index contributed by atoms with van der Waals surface area (Å²) in [5.41, 5.74) is 3.77. The van der Waals surface area contributed by atoms with Gasteiger partial charge in [0.05, 0.1) is 10.6 Å². The molecule has 1 aromatic heterocycles. The van der Waals surface area contributed by atoms with Crippen LogP contribution in [0.5, 0.6) is 0 Å². The van der Waals surface area contributed by atoms with Gasteiger partial charge in [0.15, 0.2) is 0 Å². The normalized spacial score (nSPS) is 11.7. The summed E-state index contributed by atoms with van der Waals surface area (Å²) in [5, 5.41) is 8.71. The van der Waals surface area contributed by atoms with Gasteiger partial charge in [-0.3, -0.25) is 9.59 Å². The van der Waals surface area contributed by atoms with Crippen molar-refractivity contribution in [1.82, 2.24) is 10.7 Å². The van der Waals surface area contributed by atoms with E-state index in [0.29, 0.717) is 5.02 Å². The molecule has 5 nitrogen and oxygen atoms in total. The Bertz CT molecular complexity index is 1090. The summed E-state index contributed by atoms with van der Waals surface area (Å²) >= 11 is 7.52. The largest absolute Gasteiger partial charge is 0.317 e. The smallest absolute Gasteiger partial charge is 0.287 e. The number of rotatable bonds is 7. The number of nitrogens with zero attached hydrogens (tertiary/aromatic N) is 1. The van der Waals surface area contributed by atoms with Crippen molar-refractivity contribution < 1.29 is 9.59 Å². The Labute approximate surface area is 183 Å². The maximum absolute atomic E-state index is 12.6. The topological polar surface area (TPSA) is 70.6 Å². The van der Waals surface area contributed by atoms with Crippen molar-refractivity contribution >= 4 is 53.1 Å². The molecule has 0 saturated heterocycles. The van der Waals surface area contributed by atoms with Crippen LogP contribution in [0.25, 0.3) is 12.2 Å². The lowest BCUT2D eigenvalue weighted by atomic mass is 10.2. The van der Waals surface area contributed by atoms with Gasteiger partial charge in [-0.25, -0.2) is 5.43 Å². The molecular formula is C23H18ClN3O2S. The highest BCUT2D eigenvalue weighted by Crippen LogP contribution is 2.16. The first-order valence-corrected chi connectivity index (χ1v) is 10.3. The number of halogens is 1. The van der Waals surface area contributed by atoms with E-state index < -0.39 is 11.8 Å². The lowest BCUT2D eigenvalue weighted by Crippen LogP contribution is -2.32. The molecule has 0 atom stereocenters. The highest BCUT2D eigenvalue weighted by atomic mass is 35.5. The molecule has 0 saturated carbocycles. The molecule has 30 heavy (non-hydrogen) atoms. The van der Waals surface area contributed by atoms with Crippen molar-refractivity contribution in [2.24, 2.45) is 5.10 Å². The molecule has 0 radical (unpaired) electrons. The molecule has 3 aromatic rings. The quantitative estimate of drug-likeness (QED) is 0.312. The molecule has 0 bridgehead atoms. The molecule has 150 valence electrons. The minimum Gasteiger partial charge on any atom is -0.317 e. The van der Waals surface area contributed by atoms with E-state index in [1.54, 1.807) is 36.4 Å². The second kappa shape index (κ2) is 10.9. The van der Waals surface area contributed by atoms with Crippen LogP contribution >= 0.6 is 22.9 Å². The van der Waals surface area contributed by atoms with Gasteiger partial charge in [-0.2, -0.15) is 5.10 Å². The van der Waals surface area contributed by atoms with Crippen LogP contribution in [0.1, 0.15) is 20.8 Å². The second-order valence-corrected chi connectivity index (χ2v) is 7.38. The van der Waals surface area contributed by atoms with Crippen molar-refractivity contribution in [1.29, 1.82) is 0 Å². The molecule has 0 unspecified atom stereocenters. The predicted molar refractivity (Wildman–Crippen MR) is 123 cm³/mol. The van der Waals surface area contributed by atoms with Gasteiger partial charge in [-0.1, -0.05) is 66.2 Å². The van der Waals surface area contributed by atoms with Gasteiger partial charge >= 0.3 is 0 Å². The summed E-state index contributed by atoms with van der Waals surface area (Å²) in [5.74, 6) is -1.03. The molecule has 2 aromatic carbocycles. The molecule has 2 amide bonds. The average Bonchev–Trinajstić information content (AvgIpc) is 3.27. The van der Waals surface area contributed by atoms with E-state index in [1.165, 1.54) is 17.6 Å². The first kappa shape index (κ1) is 21.2. The lowest BCUT2D eigenvalue weighted by molar-refractivity contribution is -0.117. The number of hydrogen-bond donors (Lipinski definition) is 2. The van der Waals surface area contributed by atoms with Crippen LogP contribution in [0.15, 0.2) is 89.0 Å². The maximum atomic E-state index is 12.6. The molecule has 0 aliphatic carbocycles. The third-order valence-electron chi connectivity index (χ3n) is 3.86. The standard InChI is InChI=1S/C23H18ClN3O2S/c24-20-13-5-4-12-19(20)22(28)26-21(16-18-11-7-15-30-18)23(29)27-25-14-6-10-17-8-2-1-3-9-17/h1-16H,(H,26,28)(H,27,29)/b10-6+,21-16+,25-14?. The fraction of sp³-hybridized carbons (Fsp3) is 0. The summed E-state index contributed by atoms with van der Waals surface area (Å²) < 4.78 is 0. The summed E-state index contributed by atoms with van der Waals surface area (Å²) in [6, 6.07) is 20.0. The van der Waals surface area contributed by atoms with Crippen molar-refractivity contribution in [2.75, 3.05) is 0 Å². The minimum absolute atomic E-state index is 0.0616. The van der Waals surface area contributed by atoms with Crippen LogP contribution in [0.2, 0.25) is 5.02 Å². The van der Waals surface area contributed by atoms with Crippen LogP contribution in [0.3, 0.4) is 0 Å². The third-order valence-corrected chi connectivity index (χ3v) is 5.00. The third kappa shape index (κ3) is 6.27. The molecule has 0 spiro atoms. The zero-order chi connectivity index (χ0) is 21.2. The Morgan fingerprint density at radius 3 is 2.47 bits per heavy atom. The molecule has 0 aliphatic rings. The highest BCUT2D eigenvalue weighted by Gasteiger charge is 2.16. The molecule has 3 rings (SSSR count). The Kier molecular flexibility index (Phi) is 7.71. The number of thiophene rings is 1. The fourth-order valence-corrected chi connectivity index (χ4v) is 3.31. The Hall–Kier alpha value is -3.48. The number of amides is 2. The molecule has 1 heterocycles. The molecular weight excluding hydrogens is 418 g/mol. The number of carbonyl (C=O) groups is 2. The molecule has 2 N–H and O–H groups in total. The van der Waals surface area contributed by atoms with Crippen molar-refractivity contribution in [2.45, 2.75) is 0 Å². The monoisotopic (exact) mass is 435 g/mol. The van der Waals surface area contributed by atoms with Crippen LogP contribution in [0.4, 0.5) is 0 Å². The number of nitrogens with one attached hydrogen (secondary N) is 2. The van der Waals surface area contributed by atoms with Gasteiger partial charge in [0.1, 0.15) is 5.70 Å². The number of benzene rings is 2. The summed E-state index contributed by atoms with van der Waals surface area (Å²) in [4.78, 5) is 26.0. The van der Waals surface area contributed by atoms with Gasteiger partial charge in [-0.05, 0) is 41.3 Å². The Morgan fingerprint density at radius 1 is 0.967 bits per heavy atom. The van der Waals surface area contributed by atoms with Crippen molar-refractivity contribution in [3.05, 3.63) is 105 Å². The van der Waals surface area contributed by atoms with Gasteiger partial charge < -0.3 is 5.32 Å². The Morgan fingerprint density at radius 2 is 1.73 bits per heavy atom. The van der Waals surface area contributed by atoms with Crippen LogP contribution in [-0.2, 0) is 4.79 Å². The van der Waals surface area contributed by atoms with E-state index in [9.17, 15) is 9.59 Å². The van der Waals surface area contributed by atoms with Gasteiger partial charge in [-0.15, -0.1) is 11.3 Å². The van der Waals surface area contributed by atoms with Crippen LogP contribution < -0.4 is 10.7 Å². The lowest BCUT2D eigenvalue weighted by Gasteiger charge is -2.09. The second-order valence-electron chi connectivity index (χ2n) is 6.00. The minimum atomic E-state index is -0.548. The molecule has 0 fully saturated rings. The molecule has 7 heteroatoms. The summed E-state index contributed by atoms with van der Waals surface area (Å²) in [7, 11) is 0. The number of allylic oxidation sites excluding steroid dienone is 1. The van der Waals surface area contributed by atoms with Crippen LogP contribution in [0, 0.1) is 0 Å². The van der Waals surface area contributed by atoms with Crippen LogP contribution in [-0.4, -0.2) is 18.0 Å². The summed E-state index contributed by atoms with van der Waals surface area (Å²) in [6.45, 7) is 0. The van der Waals surface area contributed by atoms with Crippen molar-refractivity contribution in [3.63, 3.8) is 0 Å². The maximum Gasteiger partial charge on any atom is 0.287 e. The van der Waals surface area contributed by atoms with Gasteiger partial charge in [0.2, 0.25) is 0 Å². The van der Waals surface area contributed by atoms with Gasteiger partial charge in [0, 0.05) is 11.1 Å². The number of hydrazone groups is 1. The van der Waals surface area contributed by atoms with E-state index in [1.807, 2.05) is 53.9 Å².